The summed E-state index contributed by atoms with van der Waals surface area (Å²) in [4.78, 5) is 8.78. The third-order valence-electron chi connectivity index (χ3n) is 5.26. The van der Waals surface area contributed by atoms with Crippen LogP contribution in [0.5, 0.6) is 5.75 Å². The molecule has 1 atom stereocenters. The van der Waals surface area contributed by atoms with Gasteiger partial charge in [0.15, 0.2) is 0 Å². The predicted molar refractivity (Wildman–Crippen MR) is 112 cm³/mol. The average molecular weight is 380 g/mol. The first-order valence-electron chi connectivity index (χ1n) is 10.0. The minimum Gasteiger partial charge on any atom is -0.491 e. The van der Waals surface area contributed by atoms with E-state index in [1.165, 1.54) is 5.56 Å². The molecule has 0 saturated heterocycles. The SMILES string of the molecule is Cc1ncc(-c2cc3c(C(C)O)cn(CC(C)(C)C)c3c3c2CCCO3)cn1. The number of aliphatic hydroxyl groups is 1. The van der Waals surface area contributed by atoms with Crippen molar-refractivity contribution in [2.75, 3.05) is 6.61 Å². The van der Waals surface area contributed by atoms with Crippen LogP contribution >= 0.6 is 0 Å². The number of aryl methyl sites for hydroxylation is 1. The van der Waals surface area contributed by atoms with E-state index in [1.807, 2.05) is 26.2 Å². The molecule has 0 radical (unpaired) electrons. The second-order valence-corrected chi connectivity index (χ2v) is 9.05. The average Bonchev–Trinajstić information content (AvgIpc) is 2.99. The smallest absolute Gasteiger partial charge is 0.147 e. The van der Waals surface area contributed by atoms with Gasteiger partial charge in [0.1, 0.15) is 11.6 Å². The molecule has 1 N–H and O–H groups in total. The van der Waals surface area contributed by atoms with Crippen LogP contribution < -0.4 is 4.74 Å². The Bertz CT molecular complexity index is 1010. The molecular formula is C23H29N3O2. The highest BCUT2D eigenvalue weighted by molar-refractivity contribution is 5.96. The van der Waals surface area contributed by atoms with Crippen LogP contribution in [0.3, 0.4) is 0 Å². The fraction of sp³-hybridized carbons (Fsp3) is 0.478. The first-order chi connectivity index (χ1) is 13.2. The number of hydrogen-bond acceptors (Lipinski definition) is 4. The van der Waals surface area contributed by atoms with Gasteiger partial charge in [0.25, 0.3) is 0 Å². The molecule has 0 bridgehead atoms. The van der Waals surface area contributed by atoms with E-state index in [0.717, 1.165) is 65.2 Å². The van der Waals surface area contributed by atoms with Gasteiger partial charge in [-0.3, -0.25) is 0 Å². The van der Waals surface area contributed by atoms with Crippen molar-refractivity contribution in [1.29, 1.82) is 0 Å². The van der Waals surface area contributed by atoms with E-state index < -0.39 is 6.10 Å². The molecule has 5 nitrogen and oxygen atoms in total. The van der Waals surface area contributed by atoms with Crippen molar-refractivity contribution in [3.63, 3.8) is 0 Å². The largest absolute Gasteiger partial charge is 0.491 e. The molecule has 4 rings (SSSR count). The molecule has 148 valence electrons. The molecule has 28 heavy (non-hydrogen) atoms. The van der Waals surface area contributed by atoms with E-state index in [-0.39, 0.29) is 5.41 Å². The molecule has 0 spiro atoms. The number of fused-ring (bicyclic) bond motifs is 3. The van der Waals surface area contributed by atoms with Crippen LogP contribution in [0.4, 0.5) is 0 Å². The summed E-state index contributed by atoms with van der Waals surface area (Å²) in [6.07, 6.45) is 7.28. The topological polar surface area (TPSA) is 60.2 Å². The number of benzene rings is 1. The third-order valence-corrected chi connectivity index (χ3v) is 5.26. The Morgan fingerprint density at radius 2 is 1.96 bits per heavy atom. The fourth-order valence-electron chi connectivity index (χ4n) is 4.08. The van der Waals surface area contributed by atoms with Gasteiger partial charge in [0.05, 0.1) is 18.2 Å². The van der Waals surface area contributed by atoms with Crippen LogP contribution in [0, 0.1) is 12.3 Å². The second-order valence-electron chi connectivity index (χ2n) is 9.05. The Hall–Kier alpha value is -2.40. The van der Waals surface area contributed by atoms with Crippen molar-refractivity contribution in [1.82, 2.24) is 14.5 Å². The molecule has 0 fully saturated rings. The second kappa shape index (κ2) is 6.89. The van der Waals surface area contributed by atoms with Gasteiger partial charge >= 0.3 is 0 Å². The summed E-state index contributed by atoms with van der Waals surface area (Å²) in [6, 6.07) is 2.19. The van der Waals surface area contributed by atoms with E-state index in [1.54, 1.807) is 0 Å². The van der Waals surface area contributed by atoms with Gasteiger partial charge in [0, 0.05) is 47.2 Å². The Morgan fingerprint density at radius 3 is 2.61 bits per heavy atom. The molecule has 3 heterocycles. The molecule has 5 heteroatoms. The maximum absolute atomic E-state index is 10.5. The Morgan fingerprint density at radius 1 is 1.25 bits per heavy atom. The minimum absolute atomic E-state index is 0.118. The molecule has 1 aromatic carbocycles. The molecule has 1 aliphatic heterocycles. The van der Waals surface area contributed by atoms with Gasteiger partial charge in [-0.05, 0) is 43.7 Å². The van der Waals surface area contributed by atoms with Crippen LogP contribution in [0.15, 0.2) is 24.7 Å². The Labute approximate surface area is 166 Å². The van der Waals surface area contributed by atoms with Crippen LogP contribution in [0.1, 0.15) is 57.2 Å². The Balaban J connectivity index is 2.03. The lowest BCUT2D eigenvalue weighted by molar-refractivity contribution is 0.200. The first kappa shape index (κ1) is 18.9. The number of aromatic nitrogens is 3. The molecule has 0 saturated carbocycles. The van der Waals surface area contributed by atoms with Crippen molar-refractivity contribution >= 4 is 10.9 Å². The van der Waals surface area contributed by atoms with E-state index >= 15 is 0 Å². The number of ether oxygens (including phenoxy) is 1. The normalized spacial score (nSPS) is 15.4. The van der Waals surface area contributed by atoms with Crippen LogP contribution in [0.2, 0.25) is 0 Å². The van der Waals surface area contributed by atoms with Crippen molar-refractivity contribution in [2.24, 2.45) is 5.41 Å². The van der Waals surface area contributed by atoms with E-state index in [4.69, 9.17) is 4.74 Å². The fourth-order valence-corrected chi connectivity index (χ4v) is 4.08. The summed E-state index contributed by atoms with van der Waals surface area (Å²) in [5, 5.41) is 11.5. The summed E-state index contributed by atoms with van der Waals surface area (Å²) >= 11 is 0. The number of aliphatic hydroxyl groups excluding tert-OH is 1. The summed E-state index contributed by atoms with van der Waals surface area (Å²) in [6.45, 7) is 12.0. The molecule has 3 aromatic rings. The van der Waals surface area contributed by atoms with Crippen molar-refractivity contribution in [3.05, 3.63) is 41.6 Å². The van der Waals surface area contributed by atoms with E-state index in [9.17, 15) is 5.11 Å². The highest BCUT2D eigenvalue weighted by Crippen LogP contribution is 2.44. The summed E-state index contributed by atoms with van der Waals surface area (Å²) in [5.74, 6) is 1.71. The molecular weight excluding hydrogens is 350 g/mol. The van der Waals surface area contributed by atoms with Crippen LogP contribution in [-0.2, 0) is 13.0 Å². The maximum atomic E-state index is 10.5. The molecule has 1 aliphatic rings. The van der Waals surface area contributed by atoms with E-state index in [2.05, 4.69) is 47.6 Å². The highest BCUT2D eigenvalue weighted by atomic mass is 16.5. The lowest BCUT2D eigenvalue weighted by atomic mass is 9.92. The lowest BCUT2D eigenvalue weighted by Crippen LogP contribution is -2.16. The number of rotatable bonds is 3. The quantitative estimate of drug-likeness (QED) is 0.708. The van der Waals surface area contributed by atoms with Gasteiger partial charge in [-0.1, -0.05) is 20.8 Å². The van der Waals surface area contributed by atoms with Gasteiger partial charge in [-0.25, -0.2) is 9.97 Å². The molecule has 2 aromatic heterocycles. The van der Waals surface area contributed by atoms with Gasteiger partial charge < -0.3 is 14.4 Å². The van der Waals surface area contributed by atoms with Gasteiger partial charge in [-0.15, -0.1) is 0 Å². The molecule has 1 unspecified atom stereocenters. The number of nitrogens with zero attached hydrogens (tertiary/aromatic N) is 3. The Kier molecular flexibility index (Phi) is 4.66. The zero-order chi connectivity index (χ0) is 20.1. The first-order valence-corrected chi connectivity index (χ1v) is 10.0. The maximum Gasteiger partial charge on any atom is 0.147 e. The standard InChI is InChI=1S/C23H29N3O2/c1-14(27)20-12-26(13-23(3,4)5)21-19(20)9-18(16-10-24-15(2)25-11-16)17-7-6-8-28-22(17)21/h9-12,14,27H,6-8,13H2,1-5H3. The minimum atomic E-state index is -0.549. The highest BCUT2D eigenvalue weighted by Gasteiger charge is 2.26. The summed E-state index contributed by atoms with van der Waals surface area (Å²) in [7, 11) is 0. The van der Waals surface area contributed by atoms with Crippen molar-refractivity contribution in [2.45, 2.75) is 60.1 Å². The van der Waals surface area contributed by atoms with Crippen molar-refractivity contribution in [3.8, 4) is 16.9 Å². The zero-order valence-electron chi connectivity index (χ0n) is 17.4. The monoisotopic (exact) mass is 379 g/mol. The molecule has 0 amide bonds. The lowest BCUT2D eigenvalue weighted by Gasteiger charge is -2.25. The van der Waals surface area contributed by atoms with Crippen LogP contribution in [-0.4, -0.2) is 26.2 Å². The zero-order valence-corrected chi connectivity index (χ0v) is 17.4. The van der Waals surface area contributed by atoms with Gasteiger partial charge in [0.2, 0.25) is 0 Å². The number of hydrogen-bond donors (Lipinski definition) is 1. The van der Waals surface area contributed by atoms with Crippen molar-refractivity contribution < 1.29 is 9.84 Å². The third kappa shape index (κ3) is 3.39. The van der Waals surface area contributed by atoms with E-state index in [0.29, 0.717) is 0 Å². The van der Waals surface area contributed by atoms with Gasteiger partial charge in [-0.2, -0.15) is 0 Å². The predicted octanol–water partition coefficient (Wildman–Crippen LogP) is 4.83. The summed E-state index contributed by atoms with van der Waals surface area (Å²) < 4.78 is 8.49. The molecule has 0 aliphatic carbocycles. The van der Waals surface area contributed by atoms with Crippen LogP contribution in [0.25, 0.3) is 22.0 Å². The summed E-state index contributed by atoms with van der Waals surface area (Å²) in [5.41, 5.74) is 5.47.